The third-order valence-electron chi connectivity index (χ3n) is 4.49. The lowest BCUT2D eigenvalue weighted by molar-refractivity contribution is 0.0951. The van der Waals surface area contributed by atoms with E-state index in [1.165, 1.54) is 11.1 Å². The molecule has 4 nitrogen and oxygen atoms in total. The zero-order chi connectivity index (χ0) is 18.9. The van der Waals surface area contributed by atoms with Gasteiger partial charge in [-0.25, -0.2) is 0 Å². The predicted molar refractivity (Wildman–Crippen MR) is 108 cm³/mol. The number of rotatable bonds is 9. The summed E-state index contributed by atoms with van der Waals surface area (Å²) in [6.45, 7) is 8.79. The van der Waals surface area contributed by atoms with Gasteiger partial charge in [0, 0.05) is 25.2 Å². The molecule has 2 aromatic rings. The van der Waals surface area contributed by atoms with E-state index < -0.39 is 0 Å². The lowest BCUT2D eigenvalue weighted by Gasteiger charge is -2.18. The molecule has 140 valence electrons. The van der Waals surface area contributed by atoms with Gasteiger partial charge in [0.25, 0.3) is 5.91 Å². The molecule has 0 unspecified atom stereocenters. The molecule has 4 heteroatoms. The average Bonchev–Trinajstić information content (AvgIpc) is 2.65. The molecule has 0 atom stereocenters. The molecular weight excluding hydrogens is 322 g/mol. The Morgan fingerprint density at radius 3 is 1.85 bits per heavy atom. The Balaban J connectivity index is 1.87. The molecule has 0 saturated heterocycles. The van der Waals surface area contributed by atoms with E-state index in [9.17, 15) is 4.79 Å². The highest BCUT2D eigenvalue weighted by molar-refractivity contribution is 5.94. The van der Waals surface area contributed by atoms with Crippen LogP contribution in [0.2, 0.25) is 0 Å². The Kier molecular flexibility index (Phi) is 7.82. The monoisotopic (exact) mass is 353 g/mol. The number of benzene rings is 2. The highest BCUT2D eigenvalue weighted by atomic mass is 16.1. The molecule has 0 saturated carbocycles. The van der Waals surface area contributed by atoms with Crippen LogP contribution < -0.4 is 5.32 Å². The summed E-state index contributed by atoms with van der Waals surface area (Å²) in [5, 5.41) is 3.00. The summed E-state index contributed by atoms with van der Waals surface area (Å²) < 4.78 is 0. The minimum Gasteiger partial charge on any atom is -0.348 e. The van der Waals surface area contributed by atoms with Crippen molar-refractivity contribution >= 4 is 5.91 Å². The smallest absolute Gasteiger partial charge is 0.251 e. The van der Waals surface area contributed by atoms with E-state index in [0.29, 0.717) is 12.1 Å². The Labute approximate surface area is 157 Å². The summed E-state index contributed by atoms with van der Waals surface area (Å²) in [4.78, 5) is 16.8. The Morgan fingerprint density at radius 1 is 0.808 bits per heavy atom. The lowest BCUT2D eigenvalue weighted by Crippen LogP contribution is -2.23. The van der Waals surface area contributed by atoms with Crippen molar-refractivity contribution in [3.05, 3.63) is 70.8 Å². The van der Waals surface area contributed by atoms with E-state index in [1.807, 2.05) is 24.3 Å². The van der Waals surface area contributed by atoms with Crippen LogP contribution in [0.1, 0.15) is 40.9 Å². The number of nitrogens with zero attached hydrogens (tertiary/aromatic N) is 2. The fraction of sp³-hybridized carbons (Fsp3) is 0.409. The van der Waals surface area contributed by atoms with Crippen LogP contribution >= 0.6 is 0 Å². The molecule has 0 aliphatic heterocycles. The van der Waals surface area contributed by atoms with Gasteiger partial charge in [-0.1, -0.05) is 50.2 Å². The van der Waals surface area contributed by atoms with Crippen molar-refractivity contribution in [3.63, 3.8) is 0 Å². The molecule has 1 amide bonds. The first kappa shape index (κ1) is 20.1. The van der Waals surface area contributed by atoms with Crippen LogP contribution in [0.25, 0.3) is 0 Å². The van der Waals surface area contributed by atoms with E-state index in [-0.39, 0.29) is 5.91 Å². The van der Waals surface area contributed by atoms with Gasteiger partial charge in [0.05, 0.1) is 0 Å². The first-order chi connectivity index (χ1) is 12.5. The summed E-state index contributed by atoms with van der Waals surface area (Å²) in [6.07, 6.45) is 0. The third kappa shape index (κ3) is 6.28. The van der Waals surface area contributed by atoms with Crippen molar-refractivity contribution in [2.45, 2.75) is 33.5 Å². The van der Waals surface area contributed by atoms with Crippen molar-refractivity contribution in [2.24, 2.45) is 0 Å². The Bertz CT molecular complexity index is 674. The molecule has 0 heterocycles. The fourth-order valence-electron chi connectivity index (χ4n) is 2.88. The van der Waals surface area contributed by atoms with Crippen LogP contribution in [-0.2, 0) is 19.6 Å². The normalized spacial score (nSPS) is 11.2. The molecule has 0 spiro atoms. The number of carbonyl (C=O) groups excluding carboxylic acids is 1. The predicted octanol–water partition coefficient (Wildman–Crippen LogP) is 3.52. The van der Waals surface area contributed by atoms with Crippen LogP contribution in [0.3, 0.4) is 0 Å². The maximum Gasteiger partial charge on any atom is 0.251 e. The zero-order valence-corrected chi connectivity index (χ0v) is 16.5. The molecule has 0 aliphatic carbocycles. The molecule has 0 aliphatic rings. The number of nitrogens with one attached hydrogen (secondary N) is 1. The molecule has 0 aromatic heterocycles. The second kappa shape index (κ2) is 10.1. The van der Waals surface area contributed by atoms with Gasteiger partial charge in [-0.3, -0.25) is 9.69 Å². The van der Waals surface area contributed by atoms with E-state index in [0.717, 1.165) is 31.7 Å². The number of amides is 1. The van der Waals surface area contributed by atoms with Crippen molar-refractivity contribution in [3.8, 4) is 0 Å². The first-order valence-corrected chi connectivity index (χ1v) is 9.33. The first-order valence-electron chi connectivity index (χ1n) is 9.33. The number of carbonyl (C=O) groups is 1. The summed E-state index contributed by atoms with van der Waals surface area (Å²) >= 11 is 0. The van der Waals surface area contributed by atoms with Crippen LogP contribution in [0.15, 0.2) is 48.5 Å². The van der Waals surface area contributed by atoms with Crippen molar-refractivity contribution < 1.29 is 4.79 Å². The Hall–Kier alpha value is -2.17. The van der Waals surface area contributed by atoms with E-state index >= 15 is 0 Å². The average molecular weight is 354 g/mol. The minimum absolute atomic E-state index is 0.0308. The zero-order valence-electron chi connectivity index (χ0n) is 16.5. The maximum atomic E-state index is 12.3. The van der Waals surface area contributed by atoms with Gasteiger partial charge in [-0.05, 0) is 56.0 Å². The standard InChI is InChI=1S/C22H31N3O/c1-5-25(6-2)17-20-11-13-21(14-12-20)22(26)23-15-18-7-9-19(10-8-18)16-24(3)4/h7-14H,5-6,15-17H2,1-4H3,(H,23,26). The van der Waals surface area contributed by atoms with Crippen molar-refractivity contribution in [1.82, 2.24) is 15.1 Å². The van der Waals surface area contributed by atoms with E-state index in [2.05, 4.69) is 67.3 Å². The van der Waals surface area contributed by atoms with Gasteiger partial charge < -0.3 is 10.2 Å². The molecule has 2 aromatic carbocycles. The molecule has 0 bridgehead atoms. The second-order valence-electron chi connectivity index (χ2n) is 6.90. The van der Waals surface area contributed by atoms with Crippen LogP contribution in [-0.4, -0.2) is 42.9 Å². The van der Waals surface area contributed by atoms with Gasteiger partial charge in [0.1, 0.15) is 0 Å². The van der Waals surface area contributed by atoms with Gasteiger partial charge in [-0.15, -0.1) is 0 Å². The summed E-state index contributed by atoms with van der Waals surface area (Å²) in [6, 6.07) is 16.3. The van der Waals surface area contributed by atoms with Gasteiger partial charge in [-0.2, -0.15) is 0 Å². The van der Waals surface area contributed by atoms with E-state index in [1.54, 1.807) is 0 Å². The van der Waals surface area contributed by atoms with Crippen LogP contribution in [0.4, 0.5) is 0 Å². The molecule has 2 rings (SSSR count). The van der Waals surface area contributed by atoms with E-state index in [4.69, 9.17) is 0 Å². The molecular formula is C22H31N3O. The van der Waals surface area contributed by atoms with Gasteiger partial charge in [0.15, 0.2) is 0 Å². The quantitative estimate of drug-likeness (QED) is 0.749. The summed E-state index contributed by atoms with van der Waals surface area (Å²) in [5.74, 6) is -0.0308. The molecule has 0 fully saturated rings. The number of hydrogen-bond acceptors (Lipinski definition) is 3. The minimum atomic E-state index is -0.0308. The lowest BCUT2D eigenvalue weighted by atomic mass is 10.1. The highest BCUT2D eigenvalue weighted by Crippen LogP contribution is 2.09. The Morgan fingerprint density at radius 2 is 1.31 bits per heavy atom. The molecule has 1 N–H and O–H groups in total. The molecule has 26 heavy (non-hydrogen) atoms. The second-order valence-corrected chi connectivity index (χ2v) is 6.90. The van der Waals surface area contributed by atoms with Crippen molar-refractivity contribution in [1.29, 1.82) is 0 Å². The van der Waals surface area contributed by atoms with Crippen LogP contribution in [0.5, 0.6) is 0 Å². The highest BCUT2D eigenvalue weighted by Gasteiger charge is 2.07. The maximum absolute atomic E-state index is 12.3. The topological polar surface area (TPSA) is 35.6 Å². The number of hydrogen-bond donors (Lipinski definition) is 1. The van der Waals surface area contributed by atoms with Gasteiger partial charge in [0.2, 0.25) is 0 Å². The summed E-state index contributed by atoms with van der Waals surface area (Å²) in [5.41, 5.74) is 4.33. The van der Waals surface area contributed by atoms with Crippen molar-refractivity contribution in [2.75, 3.05) is 27.2 Å². The SMILES string of the molecule is CCN(CC)Cc1ccc(C(=O)NCc2ccc(CN(C)C)cc2)cc1. The summed E-state index contributed by atoms with van der Waals surface area (Å²) in [7, 11) is 4.11. The fourth-order valence-corrected chi connectivity index (χ4v) is 2.88. The third-order valence-corrected chi connectivity index (χ3v) is 4.49. The largest absolute Gasteiger partial charge is 0.348 e. The van der Waals surface area contributed by atoms with Crippen LogP contribution in [0, 0.1) is 0 Å². The molecule has 0 radical (unpaired) electrons. The van der Waals surface area contributed by atoms with Gasteiger partial charge >= 0.3 is 0 Å².